The van der Waals surface area contributed by atoms with Crippen molar-refractivity contribution in [3.63, 3.8) is 0 Å². The Bertz CT molecular complexity index is 754. The number of nitrogens with zero attached hydrogens (tertiary/aromatic N) is 2. The van der Waals surface area contributed by atoms with Gasteiger partial charge in [0.1, 0.15) is 6.17 Å². The van der Waals surface area contributed by atoms with Crippen LogP contribution in [-0.2, 0) is 0 Å². The SMILES string of the molecule is Cc1ccc(N2C3C=CC=CC3=NC2c2ccccc2)cc1. The summed E-state index contributed by atoms with van der Waals surface area (Å²) in [5.41, 5.74) is 4.85. The Morgan fingerprint density at radius 1 is 0.909 bits per heavy atom. The largest absolute Gasteiger partial charge is 0.334 e. The van der Waals surface area contributed by atoms with Crippen molar-refractivity contribution in [3.8, 4) is 0 Å². The predicted octanol–water partition coefficient (Wildman–Crippen LogP) is 4.45. The predicted molar refractivity (Wildman–Crippen MR) is 92.3 cm³/mol. The topological polar surface area (TPSA) is 15.6 Å². The van der Waals surface area contributed by atoms with E-state index >= 15 is 0 Å². The van der Waals surface area contributed by atoms with Gasteiger partial charge in [0.15, 0.2) is 0 Å². The van der Waals surface area contributed by atoms with Gasteiger partial charge < -0.3 is 4.90 Å². The number of hydrogen-bond acceptors (Lipinski definition) is 2. The van der Waals surface area contributed by atoms with E-state index in [-0.39, 0.29) is 12.2 Å². The number of aryl methyl sites for hydroxylation is 1. The maximum absolute atomic E-state index is 4.97. The van der Waals surface area contributed by atoms with Gasteiger partial charge in [-0.1, -0.05) is 66.3 Å². The number of rotatable bonds is 2. The molecule has 2 aromatic carbocycles. The first-order chi connectivity index (χ1) is 10.8. The summed E-state index contributed by atoms with van der Waals surface area (Å²) >= 11 is 0. The summed E-state index contributed by atoms with van der Waals surface area (Å²) in [6, 6.07) is 19.4. The van der Waals surface area contributed by atoms with Gasteiger partial charge in [-0.05, 0) is 30.7 Å². The Labute approximate surface area is 131 Å². The third kappa shape index (κ3) is 2.17. The number of hydrogen-bond donors (Lipinski definition) is 0. The van der Waals surface area contributed by atoms with Crippen molar-refractivity contribution in [1.29, 1.82) is 0 Å². The molecule has 2 heteroatoms. The minimum atomic E-state index is 0.0382. The lowest BCUT2D eigenvalue weighted by Crippen LogP contribution is -2.35. The van der Waals surface area contributed by atoms with E-state index < -0.39 is 0 Å². The first-order valence-electron chi connectivity index (χ1n) is 7.65. The zero-order valence-corrected chi connectivity index (χ0v) is 12.6. The van der Waals surface area contributed by atoms with Crippen LogP contribution in [0.25, 0.3) is 0 Å². The summed E-state index contributed by atoms with van der Waals surface area (Å²) in [6.45, 7) is 2.12. The lowest BCUT2D eigenvalue weighted by Gasteiger charge is -2.31. The Kier molecular flexibility index (Phi) is 3.15. The van der Waals surface area contributed by atoms with Crippen LogP contribution in [0.5, 0.6) is 0 Å². The molecule has 0 fully saturated rings. The highest BCUT2D eigenvalue weighted by molar-refractivity contribution is 6.06. The van der Waals surface area contributed by atoms with Crippen LogP contribution >= 0.6 is 0 Å². The molecule has 2 aliphatic rings. The van der Waals surface area contributed by atoms with Crippen molar-refractivity contribution in [3.05, 3.63) is 90.0 Å². The molecule has 0 spiro atoms. The fraction of sp³-hybridized carbons (Fsp3) is 0.150. The molecule has 0 saturated carbocycles. The average molecular weight is 286 g/mol. The molecule has 2 aromatic rings. The zero-order chi connectivity index (χ0) is 14.9. The van der Waals surface area contributed by atoms with Gasteiger partial charge in [0.05, 0.1) is 11.8 Å². The van der Waals surface area contributed by atoms with Crippen molar-refractivity contribution in [1.82, 2.24) is 0 Å². The zero-order valence-electron chi connectivity index (χ0n) is 12.6. The quantitative estimate of drug-likeness (QED) is 0.796. The van der Waals surface area contributed by atoms with Crippen LogP contribution in [-0.4, -0.2) is 11.8 Å². The van der Waals surface area contributed by atoms with Crippen molar-refractivity contribution in [2.45, 2.75) is 19.1 Å². The molecule has 2 atom stereocenters. The molecular formula is C20H18N2. The Hall–Kier alpha value is -2.61. The highest BCUT2D eigenvalue weighted by Crippen LogP contribution is 2.37. The average Bonchev–Trinajstić information content (AvgIpc) is 2.96. The molecule has 0 bridgehead atoms. The molecule has 0 amide bonds. The van der Waals surface area contributed by atoms with E-state index in [9.17, 15) is 0 Å². The van der Waals surface area contributed by atoms with Crippen LogP contribution in [0, 0.1) is 6.92 Å². The van der Waals surface area contributed by atoms with E-state index in [2.05, 4.69) is 90.7 Å². The second kappa shape index (κ2) is 5.30. The fourth-order valence-corrected chi connectivity index (χ4v) is 3.11. The highest BCUT2D eigenvalue weighted by Gasteiger charge is 2.35. The van der Waals surface area contributed by atoms with Crippen LogP contribution in [0.2, 0.25) is 0 Å². The van der Waals surface area contributed by atoms with Crippen LogP contribution in [0.3, 0.4) is 0 Å². The van der Waals surface area contributed by atoms with Gasteiger partial charge in [0, 0.05) is 5.69 Å². The molecule has 1 aliphatic carbocycles. The molecule has 0 saturated heterocycles. The summed E-state index contributed by atoms with van der Waals surface area (Å²) in [5.74, 6) is 0. The van der Waals surface area contributed by atoms with Crippen molar-refractivity contribution in [2.24, 2.45) is 4.99 Å². The standard InChI is InChI=1S/C20H18N2/c1-15-11-13-17(14-12-15)22-19-10-6-5-9-18(19)21-20(22)16-7-3-2-4-8-16/h2-14,19-20H,1H3. The number of fused-ring (bicyclic) bond motifs is 1. The van der Waals surface area contributed by atoms with Crippen molar-refractivity contribution in [2.75, 3.05) is 4.90 Å². The summed E-state index contributed by atoms with van der Waals surface area (Å²) in [4.78, 5) is 7.36. The van der Waals surface area contributed by atoms with Crippen LogP contribution in [0.15, 0.2) is 83.9 Å². The van der Waals surface area contributed by atoms with E-state index in [1.54, 1.807) is 0 Å². The van der Waals surface area contributed by atoms with E-state index in [4.69, 9.17) is 4.99 Å². The monoisotopic (exact) mass is 286 g/mol. The highest BCUT2D eigenvalue weighted by atomic mass is 15.3. The van der Waals surface area contributed by atoms with Crippen molar-refractivity contribution >= 4 is 11.4 Å². The van der Waals surface area contributed by atoms with Crippen molar-refractivity contribution < 1.29 is 0 Å². The Balaban J connectivity index is 1.80. The summed E-state index contributed by atoms with van der Waals surface area (Å²) in [6.07, 6.45) is 8.56. The molecule has 1 heterocycles. The third-order valence-electron chi connectivity index (χ3n) is 4.24. The van der Waals surface area contributed by atoms with Crippen LogP contribution in [0.4, 0.5) is 5.69 Å². The minimum absolute atomic E-state index is 0.0382. The van der Waals surface area contributed by atoms with Gasteiger partial charge in [0.2, 0.25) is 0 Å². The van der Waals surface area contributed by atoms with Crippen LogP contribution < -0.4 is 4.90 Å². The van der Waals surface area contributed by atoms with Crippen LogP contribution in [0.1, 0.15) is 17.3 Å². The number of anilines is 1. The Morgan fingerprint density at radius 3 is 2.45 bits per heavy atom. The molecule has 0 aromatic heterocycles. The lowest BCUT2D eigenvalue weighted by atomic mass is 10.0. The normalized spacial score (nSPS) is 22.6. The van der Waals surface area contributed by atoms with E-state index in [0.717, 1.165) is 5.71 Å². The van der Waals surface area contributed by atoms with Gasteiger partial charge in [-0.25, -0.2) is 0 Å². The smallest absolute Gasteiger partial charge is 0.148 e. The van der Waals surface area contributed by atoms with Gasteiger partial charge in [-0.2, -0.15) is 0 Å². The summed E-state index contributed by atoms with van der Waals surface area (Å²) in [5, 5.41) is 0. The van der Waals surface area contributed by atoms with Gasteiger partial charge in [-0.15, -0.1) is 0 Å². The molecule has 0 radical (unpaired) electrons. The third-order valence-corrected chi connectivity index (χ3v) is 4.24. The molecule has 4 rings (SSSR count). The summed E-state index contributed by atoms with van der Waals surface area (Å²) in [7, 11) is 0. The van der Waals surface area contributed by atoms with Gasteiger partial charge in [-0.3, -0.25) is 4.99 Å². The maximum atomic E-state index is 4.97. The second-order valence-corrected chi connectivity index (χ2v) is 5.77. The molecular weight excluding hydrogens is 268 g/mol. The minimum Gasteiger partial charge on any atom is -0.334 e. The molecule has 1 aliphatic heterocycles. The number of benzene rings is 2. The molecule has 22 heavy (non-hydrogen) atoms. The molecule has 2 nitrogen and oxygen atoms in total. The fourth-order valence-electron chi connectivity index (χ4n) is 3.11. The number of allylic oxidation sites excluding steroid dienone is 2. The summed E-state index contributed by atoms with van der Waals surface area (Å²) < 4.78 is 0. The Morgan fingerprint density at radius 2 is 1.68 bits per heavy atom. The molecule has 2 unspecified atom stereocenters. The lowest BCUT2D eigenvalue weighted by molar-refractivity contribution is 0.696. The first-order valence-corrected chi connectivity index (χ1v) is 7.65. The first kappa shape index (κ1) is 13.1. The second-order valence-electron chi connectivity index (χ2n) is 5.77. The maximum Gasteiger partial charge on any atom is 0.148 e. The van der Waals surface area contributed by atoms with E-state index in [1.165, 1.54) is 16.8 Å². The molecule has 108 valence electrons. The van der Waals surface area contributed by atoms with E-state index in [1.807, 2.05) is 0 Å². The number of aliphatic imine (C=N–C) groups is 1. The van der Waals surface area contributed by atoms with E-state index in [0.29, 0.717) is 0 Å². The molecule has 0 N–H and O–H groups in total. The van der Waals surface area contributed by atoms with Gasteiger partial charge in [0.25, 0.3) is 0 Å². The van der Waals surface area contributed by atoms with Gasteiger partial charge >= 0.3 is 0 Å².